The molecule has 2 rings (SSSR count). The molecule has 2 aromatic rings. The van der Waals surface area contributed by atoms with Crippen LogP contribution in [-0.2, 0) is 6.54 Å². The van der Waals surface area contributed by atoms with E-state index in [4.69, 9.17) is 10.9 Å². The summed E-state index contributed by atoms with van der Waals surface area (Å²) in [4.78, 5) is 4.31. The molecule has 1 heterocycles. The predicted octanol–water partition coefficient (Wildman–Crippen LogP) is 2.03. The normalized spacial score (nSPS) is 13.2. The Bertz CT molecular complexity index is 583. The number of nitrogens with one attached hydrogen (secondary N) is 1. The van der Waals surface area contributed by atoms with E-state index in [0.29, 0.717) is 6.54 Å². The molecule has 1 aromatic heterocycles. The van der Waals surface area contributed by atoms with Crippen LogP contribution in [0.2, 0.25) is 0 Å². The summed E-state index contributed by atoms with van der Waals surface area (Å²) >= 11 is 0. The summed E-state index contributed by atoms with van der Waals surface area (Å²) in [6.45, 7) is 2.67. The summed E-state index contributed by atoms with van der Waals surface area (Å²) in [5, 5.41) is 15.2. The summed E-state index contributed by atoms with van der Waals surface area (Å²) in [5.74, 6) is 0.118. The van der Waals surface area contributed by atoms with E-state index in [1.165, 1.54) is 0 Å². The monoisotopic (exact) mass is 270 g/mol. The zero-order valence-electron chi connectivity index (χ0n) is 11.3. The van der Waals surface area contributed by atoms with Crippen molar-refractivity contribution in [3.05, 3.63) is 65.5 Å². The molecule has 0 fully saturated rings. The number of oxime groups is 1. The van der Waals surface area contributed by atoms with Crippen molar-refractivity contribution in [2.24, 2.45) is 10.9 Å². The number of amidine groups is 1. The van der Waals surface area contributed by atoms with Crippen molar-refractivity contribution in [2.45, 2.75) is 19.5 Å². The lowest BCUT2D eigenvalue weighted by atomic mass is 10.1. The Morgan fingerprint density at radius 1 is 1.30 bits per heavy atom. The molecular formula is C15H18N4O. The molecule has 1 aromatic carbocycles. The second-order valence-corrected chi connectivity index (χ2v) is 4.50. The van der Waals surface area contributed by atoms with Crippen molar-refractivity contribution >= 4 is 5.84 Å². The van der Waals surface area contributed by atoms with Gasteiger partial charge in [0, 0.05) is 24.3 Å². The Labute approximate surface area is 118 Å². The van der Waals surface area contributed by atoms with Gasteiger partial charge in [0.1, 0.15) is 0 Å². The SMILES string of the molecule is C[C@H](NCc1ccccc1/C(N)=N/O)c1ccccn1. The van der Waals surface area contributed by atoms with Crippen molar-refractivity contribution in [3.8, 4) is 0 Å². The molecule has 0 aliphatic rings. The number of nitrogens with zero attached hydrogens (tertiary/aromatic N) is 2. The molecule has 0 saturated heterocycles. The average Bonchev–Trinajstić information content (AvgIpc) is 2.53. The number of hydrogen-bond donors (Lipinski definition) is 3. The van der Waals surface area contributed by atoms with Gasteiger partial charge in [0.2, 0.25) is 0 Å². The smallest absolute Gasteiger partial charge is 0.170 e. The van der Waals surface area contributed by atoms with Crippen LogP contribution >= 0.6 is 0 Å². The lowest BCUT2D eigenvalue weighted by molar-refractivity contribution is 0.318. The van der Waals surface area contributed by atoms with Crippen LogP contribution in [0.25, 0.3) is 0 Å². The highest BCUT2D eigenvalue weighted by Crippen LogP contribution is 2.12. The first-order valence-electron chi connectivity index (χ1n) is 6.42. The lowest BCUT2D eigenvalue weighted by Gasteiger charge is -2.15. The van der Waals surface area contributed by atoms with E-state index in [1.807, 2.05) is 42.5 Å². The van der Waals surface area contributed by atoms with Gasteiger partial charge in [-0.25, -0.2) is 0 Å². The molecule has 0 amide bonds. The predicted molar refractivity (Wildman–Crippen MR) is 78.4 cm³/mol. The van der Waals surface area contributed by atoms with Crippen molar-refractivity contribution in [1.29, 1.82) is 0 Å². The molecule has 0 saturated carbocycles. The molecule has 0 aliphatic carbocycles. The Balaban J connectivity index is 2.08. The average molecular weight is 270 g/mol. The summed E-state index contributed by atoms with van der Waals surface area (Å²) in [7, 11) is 0. The second-order valence-electron chi connectivity index (χ2n) is 4.50. The van der Waals surface area contributed by atoms with Crippen LogP contribution in [0.1, 0.15) is 29.8 Å². The van der Waals surface area contributed by atoms with Gasteiger partial charge in [-0.2, -0.15) is 0 Å². The summed E-state index contributed by atoms with van der Waals surface area (Å²) in [6, 6.07) is 13.5. The summed E-state index contributed by atoms with van der Waals surface area (Å²) in [6.07, 6.45) is 1.78. The van der Waals surface area contributed by atoms with Crippen molar-refractivity contribution in [2.75, 3.05) is 0 Å². The first-order chi connectivity index (χ1) is 9.72. The molecule has 5 nitrogen and oxygen atoms in total. The highest BCUT2D eigenvalue weighted by atomic mass is 16.4. The van der Waals surface area contributed by atoms with E-state index in [2.05, 4.69) is 22.4 Å². The van der Waals surface area contributed by atoms with E-state index in [0.717, 1.165) is 16.8 Å². The van der Waals surface area contributed by atoms with Gasteiger partial charge in [0.05, 0.1) is 5.69 Å². The van der Waals surface area contributed by atoms with Gasteiger partial charge in [-0.15, -0.1) is 0 Å². The van der Waals surface area contributed by atoms with Crippen molar-refractivity contribution in [1.82, 2.24) is 10.3 Å². The second kappa shape index (κ2) is 6.68. The van der Waals surface area contributed by atoms with E-state index >= 15 is 0 Å². The third-order valence-corrected chi connectivity index (χ3v) is 3.13. The fourth-order valence-corrected chi connectivity index (χ4v) is 1.98. The number of hydrogen-bond acceptors (Lipinski definition) is 4. The molecule has 20 heavy (non-hydrogen) atoms. The number of rotatable bonds is 5. The standard InChI is InChI=1S/C15H18N4O/c1-11(14-8-4-5-9-17-14)18-10-12-6-2-3-7-13(12)15(16)19-20/h2-9,11,18,20H,10H2,1H3,(H2,16,19)/t11-/m0/s1. The molecule has 0 spiro atoms. The fraction of sp³-hybridized carbons (Fsp3) is 0.200. The third-order valence-electron chi connectivity index (χ3n) is 3.13. The van der Waals surface area contributed by atoms with Crippen molar-refractivity contribution < 1.29 is 5.21 Å². The van der Waals surface area contributed by atoms with Gasteiger partial charge >= 0.3 is 0 Å². The molecule has 0 radical (unpaired) electrons. The molecule has 0 unspecified atom stereocenters. The Hall–Kier alpha value is -2.40. The summed E-state index contributed by atoms with van der Waals surface area (Å²) < 4.78 is 0. The Kier molecular flexibility index (Phi) is 4.68. The molecule has 4 N–H and O–H groups in total. The quantitative estimate of drug-likeness (QED) is 0.336. The maximum Gasteiger partial charge on any atom is 0.170 e. The molecule has 5 heteroatoms. The molecule has 1 atom stereocenters. The van der Waals surface area contributed by atoms with Gasteiger partial charge < -0.3 is 16.3 Å². The minimum Gasteiger partial charge on any atom is -0.409 e. The van der Waals surface area contributed by atoms with E-state index in [1.54, 1.807) is 6.20 Å². The Morgan fingerprint density at radius 2 is 2.05 bits per heavy atom. The maximum atomic E-state index is 8.80. The number of aromatic nitrogens is 1. The van der Waals surface area contributed by atoms with Gasteiger partial charge in [-0.05, 0) is 24.6 Å². The van der Waals surface area contributed by atoms with Gasteiger partial charge in [0.15, 0.2) is 5.84 Å². The minimum atomic E-state index is 0.118. The topological polar surface area (TPSA) is 83.5 Å². The minimum absolute atomic E-state index is 0.118. The fourth-order valence-electron chi connectivity index (χ4n) is 1.98. The van der Waals surface area contributed by atoms with Gasteiger partial charge in [0.25, 0.3) is 0 Å². The van der Waals surface area contributed by atoms with Gasteiger partial charge in [-0.3, -0.25) is 4.98 Å². The summed E-state index contributed by atoms with van der Waals surface area (Å²) in [5.41, 5.74) is 8.36. The molecule has 0 bridgehead atoms. The van der Waals surface area contributed by atoms with Crippen LogP contribution in [0, 0.1) is 0 Å². The molecular weight excluding hydrogens is 252 g/mol. The van der Waals surface area contributed by atoms with E-state index in [-0.39, 0.29) is 11.9 Å². The van der Waals surface area contributed by atoms with Crippen LogP contribution in [0.15, 0.2) is 53.8 Å². The Morgan fingerprint density at radius 3 is 2.75 bits per heavy atom. The first-order valence-corrected chi connectivity index (χ1v) is 6.42. The number of nitrogens with two attached hydrogens (primary N) is 1. The van der Waals surface area contributed by atoms with Crippen LogP contribution in [0.5, 0.6) is 0 Å². The van der Waals surface area contributed by atoms with Gasteiger partial charge in [-0.1, -0.05) is 35.5 Å². The zero-order chi connectivity index (χ0) is 14.4. The zero-order valence-corrected chi connectivity index (χ0v) is 11.3. The van der Waals surface area contributed by atoms with Crippen LogP contribution < -0.4 is 11.1 Å². The number of pyridine rings is 1. The van der Waals surface area contributed by atoms with E-state index < -0.39 is 0 Å². The largest absolute Gasteiger partial charge is 0.409 e. The maximum absolute atomic E-state index is 8.80. The highest BCUT2D eigenvalue weighted by Gasteiger charge is 2.09. The number of benzene rings is 1. The lowest BCUT2D eigenvalue weighted by Crippen LogP contribution is -2.22. The van der Waals surface area contributed by atoms with Crippen molar-refractivity contribution in [3.63, 3.8) is 0 Å². The highest BCUT2D eigenvalue weighted by molar-refractivity contribution is 5.98. The van der Waals surface area contributed by atoms with E-state index in [9.17, 15) is 0 Å². The third kappa shape index (κ3) is 3.33. The molecule has 104 valence electrons. The van der Waals surface area contributed by atoms with Crippen LogP contribution in [0.3, 0.4) is 0 Å². The van der Waals surface area contributed by atoms with Crippen LogP contribution in [0.4, 0.5) is 0 Å². The van der Waals surface area contributed by atoms with Crippen LogP contribution in [-0.4, -0.2) is 16.0 Å². The first kappa shape index (κ1) is 14.0. The molecule has 0 aliphatic heterocycles.